The molecule has 27 heavy (non-hydrogen) atoms. The Morgan fingerprint density at radius 1 is 1.44 bits per heavy atom. The minimum Gasteiger partial charge on any atom is -0.493 e. The van der Waals surface area contributed by atoms with Gasteiger partial charge in [-0.3, -0.25) is 9.69 Å². The Labute approximate surface area is 165 Å². The zero-order valence-electron chi connectivity index (χ0n) is 16.1. The van der Waals surface area contributed by atoms with Crippen LogP contribution < -0.4 is 14.8 Å². The zero-order chi connectivity index (χ0) is 19.6. The first-order valence-corrected chi connectivity index (χ1v) is 10.1. The van der Waals surface area contributed by atoms with Gasteiger partial charge in [0.25, 0.3) is 5.91 Å². The molecule has 1 aliphatic rings. The van der Waals surface area contributed by atoms with Gasteiger partial charge in [-0.2, -0.15) is 3.89 Å². The predicted molar refractivity (Wildman–Crippen MR) is 109 cm³/mol. The molecule has 150 valence electrons. The van der Waals surface area contributed by atoms with Gasteiger partial charge in [-0.1, -0.05) is 6.08 Å². The van der Waals surface area contributed by atoms with Gasteiger partial charge in [-0.25, -0.2) is 0 Å². The van der Waals surface area contributed by atoms with Crippen molar-refractivity contribution < 1.29 is 18.2 Å². The molecule has 0 radical (unpaired) electrons. The lowest BCUT2D eigenvalue weighted by Crippen LogP contribution is -2.40. The summed E-state index contributed by atoms with van der Waals surface area (Å²) in [7, 11) is 3.07. The number of carbonyl (C=O) groups is 1. The number of nitrogens with zero attached hydrogens (tertiary/aromatic N) is 1. The summed E-state index contributed by atoms with van der Waals surface area (Å²) < 4.78 is 23.1. The first-order valence-electron chi connectivity index (χ1n) is 9.26. The Morgan fingerprint density at radius 3 is 2.93 bits per heavy atom. The fourth-order valence-corrected chi connectivity index (χ4v) is 3.76. The summed E-state index contributed by atoms with van der Waals surface area (Å²) in [4.78, 5) is 15.2. The molecular formula is C20H29FN2O3S. The van der Waals surface area contributed by atoms with E-state index in [1.165, 1.54) is 7.11 Å². The molecule has 0 unspecified atom stereocenters. The second-order valence-corrected chi connectivity index (χ2v) is 7.21. The highest BCUT2D eigenvalue weighted by molar-refractivity contribution is 7.94. The monoisotopic (exact) mass is 396 g/mol. The molecular weight excluding hydrogens is 367 g/mol. The van der Waals surface area contributed by atoms with E-state index in [1.807, 2.05) is 18.2 Å². The van der Waals surface area contributed by atoms with E-state index in [-0.39, 0.29) is 5.91 Å². The molecule has 1 aromatic rings. The second-order valence-electron chi connectivity index (χ2n) is 6.59. The van der Waals surface area contributed by atoms with Crippen molar-refractivity contribution in [2.75, 3.05) is 39.6 Å². The van der Waals surface area contributed by atoms with Crippen molar-refractivity contribution in [1.82, 2.24) is 10.2 Å². The summed E-state index contributed by atoms with van der Waals surface area (Å²) in [6.07, 6.45) is 5.46. The average Bonchev–Trinajstić information content (AvgIpc) is 3.13. The van der Waals surface area contributed by atoms with Crippen LogP contribution in [0.1, 0.15) is 35.2 Å². The van der Waals surface area contributed by atoms with E-state index < -0.39 is 0 Å². The van der Waals surface area contributed by atoms with Crippen molar-refractivity contribution in [1.29, 1.82) is 0 Å². The summed E-state index contributed by atoms with van der Waals surface area (Å²) in [5.74, 6) is 1.18. The van der Waals surface area contributed by atoms with Gasteiger partial charge in [0, 0.05) is 37.0 Å². The fourth-order valence-electron chi connectivity index (χ4n) is 3.50. The first-order chi connectivity index (χ1) is 13.1. The van der Waals surface area contributed by atoms with Gasteiger partial charge in [-0.05, 0) is 49.9 Å². The highest BCUT2D eigenvalue weighted by Crippen LogP contribution is 2.33. The van der Waals surface area contributed by atoms with Crippen LogP contribution >= 0.6 is 12.1 Å². The molecule has 0 aromatic heterocycles. The molecule has 0 saturated carbocycles. The second kappa shape index (κ2) is 11.2. The lowest BCUT2D eigenvalue weighted by atomic mass is 10.0. The largest absolute Gasteiger partial charge is 0.493 e. The molecule has 0 spiro atoms. The third-order valence-electron chi connectivity index (χ3n) is 4.83. The number of methoxy groups -OCH3 is 2. The quantitative estimate of drug-likeness (QED) is 0.457. The molecule has 1 atom stereocenters. The highest BCUT2D eigenvalue weighted by Gasteiger charge is 2.25. The molecule has 1 heterocycles. The number of ether oxygens (including phenoxy) is 2. The molecule has 0 bridgehead atoms. The number of nitrogens with one attached hydrogen (secondary N) is 1. The topological polar surface area (TPSA) is 50.8 Å². The minimum atomic E-state index is -0.183. The number of hydrogen-bond acceptors (Lipinski definition) is 5. The van der Waals surface area contributed by atoms with Crippen LogP contribution in [-0.2, 0) is 6.42 Å². The van der Waals surface area contributed by atoms with Crippen LogP contribution in [0.3, 0.4) is 0 Å². The van der Waals surface area contributed by atoms with Crippen LogP contribution in [0.4, 0.5) is 3.89 Å². The summed E-state index contributed by atoms with van der Waals surface area (Å²) >= 11 is 0.328. The fraction of sp³-hybridized carbons (Fsp3) is 0.550. The molecule has 1 aliphatic heterocycles. The number of benzene rings is 1. The summed E-state index contributed by atoms with van der Waals surface area (Å²) in [6.45, 7) is 6.25. The lowest BCUT2D eigenvalue weighted by molar-refractivity contribution is 0.0938. The van der Waals surface area contributed by atoms with Crippen LogP contribution in [0, 0.1) is 0 Å². The van der Waals surface area contributed by atoms with Crippen molar-refractivity contribution in [3.05, 3.63) is 35.9 Å². The predicted octanol–water partition coefficient (Wildman–Crippen LogP) is 3.63. The average molecular weight is 397 g/mol. The zero-order valence-corrected chi connectivity index (χ0v) is 16.9. The molecule has 7 heteroatoms. The molecule has 1 fully saturated rings. The maximum atomic E-state index is 12.8. The van der Waals surface area contributed by atoms with E-state index >= 15 is 0 Å². The smallest absolute Gasteiger partial charge is 0.255 e. The van der Waals surface area contributed by atoms with Gasteiger partial charge in [0.15, 0.2) is 11.5 Å². The minimum absolute atomic E-state index is 0.183. The Balaban J connectivity index is 2.12. The molecule has 5 nitrogen and oxygen atoms in total. The van der Waals surface area contributed by atoms with Crippen LogP contribution in [0.25, 0.3) is 0 Å². The van der Waals surface area contributed by atoms with Crippen molar-refractivity contribution in [3.63, 3.8) is 0 Å². The van der Waals surface area contributed by atoms with Crippen LogP contribution in [-0.4, -0.2) is 56.5 Å². The molecule has 1 saturated heterocycles. The van der Waals surface area contributed by atoms with E-state index in [1.54, 1.807) is 7.11 Å². The van der Waals surface area contributed by atoms with Gasteiger partial charge in [0.05, 0.1) is 19.8 Å². The highest BCUT2D eigenvalue weighted by atomic mass is 32.2. The number of hydrogen-bond donors (Lipinski definition) is 1. The number of aryl methyl sites for hydroxylation is 1. The lowest BCUT2D eigenvalue weighted by Gasteiger charge is -2.23. The van der Waals surface area contributed by atoms with Gasteiger partial charge < -0.3 is 14.8 Å². The summed E-state index contributed by atoms with van der Waals surface area (Å²) in [5.41, 5.74) is 1.38. The molecule has 1 aromatic carbocycles. The Bertz CT molecular complexity index is 642. The van der Waals surface area contributed by atoms with E-state index in [9.17, 15) is 8.68 Å². The normalized spacial score (nSPS) is 16.9. The maximum Gasteiger partial charge on any atom is 0.255 e. The standard InChI is InChI=1S/C20H29FN2O3S/c1-4-9-23-10-5-8-16(23)14-22-20(24)17-12-15(7-6-11-27-21)13-18(25-2)19(17)26-3/h4,12-13,16H,1,5-11,14H2,2-3H3,(H,22,24)/t16-/m0/s1. The van der Waals surface area contributed by atoms with E-state index in [4.69, 9.17) is 9.47 Å². The number of halogens is 1. The maximum absolute atomic E-state index is 12.8. The van der Waals surface area contributed by atoms with Gasteiger partial charge in [-0.15, -0.1) is 6.58 Å². The van der Waals surface area contributed by atoms with Gasteiger partial charge in [0.1, 0.15) is 0 Å². The van der Waals surface area contributed by atoms with Crippen LogP contribution in [0.15, 0.2) is 24.8 Å². The van der Waals surface area contributed by atoms with E-state index in [0.717, 1.165) is 31.5 Å². The molecule has 1 amide bonds. The molecule has 2 rings (SSSR count). The van der Waals surface area contributed by atoms with Crippen molar-refractivity contribution >= 4 is 18.1 Å². The third-order valence-corrected chi connectivity index (χ3v) is 5.27. The number of likely N-dealkylation sites (tertiary alicyclic amines) is 1. The SMILES string of the molecule is C=CCN1CCC[C@H]1CNC(=O)c1cc(CCCSF)cc(OC)c1OC. The molecule has 1 N–H and O–H groups in total. The van der Waals surface area contributed by atoms with Crippen molar-refractivity contribution in [2.45, 2.75) is 31.7 Å². The Hall–Kier alpha value is -1.73. The van der Waals surface area contributed by atoms with E-state index in [0.29, 0.717) is 60.4 Å². The van der Waals surface area contributed by atoms with Gasteiger partial charge >= 0.3 is 0 Å². The van der Waals surface area contributed by atoms with Gasteiger partial charge in [0.2, 0.25) is 0 Å². The summed E-state index contributed by atoms with van der Waals surface area (Å²) in [5, 5.41) is 3.04. The number of carbonyl (C=O) groups excluding carboxylic acids is 1. The van der Waals surface area contributed by atoms with E-state index in [2.05, 4.69) is 16.8 Å². The van der Waals surface area contributed by atoms with Crippen LogP contribution in [0.5, 0.6) is 11.5 Å². The molecule has 0 aliphatic carbocycles. The number of amides is 1. The first kappa shape index (κ1) is 21.6. The summed E-state index contributed by atoms with van der Waals surface area (Å²) in [6, 6.07) is 3.99. The third kappa shape index (κ3) is 5.87. The van der Waals surface area contributed by atoms with Crippen molar-refractivity contribution in [3.8, 4) is 11.5 Å². The van der Waals surface area contributed by atoms with Crippen LogP contribution in [0.2, 0.25) is 0 Å². The van der Waals surface area contributed by atoms with Crippen molar-refractivity contribution in [2.24, 2.45) is 0 Å². The Kier molecular flexibility index (Phi) is 8.94. The number of rotatable bonds is 11. The Morgan fingerprint density at radius 2 is 2.26 bits per heavy atom.